The monoisotopic (exact) mass is 535 g/mol. The number of nitrogens with one attached hydrogen (secondary N) is 2. The summed E-state index contributed by atoms with van der Waals surface area (Å²) in [7, 11) is 1.38. The number of amides is 2. The maximum atomic E-state index is 12.7. The number of hydrogen-bond donors (Lipinski definition) is 2. The second kappa shape index (κ2) is 14.1. The number of hydrogen-bond acceptors (Lipinski definition) is 8. The van der Waals surface area contributed by atoms with Crippen molar-refractivity contribution in [3.05, 3.63) is 44.4 Å². The zero-order chi connectivity index (χ0) is 24.0. The first-order valence-electron chi connectivity index (χ1n) is 10.2. The van der Waals surface area contributed by atoms with Crippen molar-refractivity contribution < 1.29 is 19.2 Å². The van der Waals surface area contributed by atoms with Crippen LogP contribution in [0.15, 0.2) is 17.5 Å². The van der Waals surface area contributed by atoms with Crippen molar-refractivity contribution in [3.8, 4) is 5.75 Å². The van der Waals surface area contributed by atoms with Gasteiger partial charge < -0.3 is 10.1 Å². The molecule has 13 heteroatoms. The van der Waals surface area contributed by atoms with Crippen LogP contribution < -0.4 is 15.4 Å². The molecule has 0 aliphatic heterocycles. The quantitative estimate of drug-likeness (QED) is 0.342. The fourth-order valence-electron chi connectivity index (χ4n) is 3.31. The molecule has 0 spiro atoms. The first kappa shape index (κ1) is 31.5. The fourth-order valence-corrected chi connectivity index (χ4v) is 4.00. The smallest absolute Gasteiger partial charge is 0.273 e. The van der Waals surface area contributed by atoms with Gasteiger partial charge in [-0.15, -0.1) is 36.2 Å². The van der Waals surface area contributed by atoms with Gasteiger partial charge in [0.1, 0.15) is 11.4 Å². The van der Waals surface area contributed by atoms with Crippen LogP contribution in [0, 0.1) is 17.0 Å². The molecule has 2 rings (SSSR count). The largest absolute Gasteiger partial charge is 0.496 e. The summed E-state index contributed by atoms with van der Waals surface area (Å²) in [4.78, 5) is 42.2. The summed E-state index contributed by atoms with van der Waals surface area (Å²) in [5.74, 6) is -0.742. The molecular weight excluding hydrogens is 505 g/mol. The Morgan fingerprint density at radius 1 is 1.18 bits per heavy atom. The first-order valence-corrected chi connectivity index (χ1v) is 11.1. The van der Waals surface area contributed by atoms with E-state index < -0.39 is 10.8 Å². The Bertz CT molecular complexity index is 992. The van der Waals surface area contributed by atoms with Crippen LogP contribution in [0.2, 0.25) is 0 Å². The topological polar surface area (TPSA) is 127 Å². The van der Waals surface area contributed by atoms with Crippen molar-refractivity contribution in [2.24, 2.45) is 0 Å². The van der Waals surface area contributed by atoms with Gasteiger partial charge in [-0.3, -0.25) is 29.9 Å². The third-order valence-electron chi connectivity index (χ3n) is 4.90. The average Bonchev–Trinajstić information content (AvgIpc) is 3.18. The minimum atomic E-state index is -0.615. The van der Waals surface area contributed by atoms with Gasteiger partial charge in [0.05, 0.1) is 17.6 Å². The number of nitro benzene ring substituents is 1. The Hall–Kier alpha value is -2.47. The maximum Gasteiger partial charge on any atom is 0.273 e. The number of methoxy groups -OCH3 is 1. The molecule has 0 aliphatic rings. The van der Waals surface area contributed by atoms with E-state index in [1.807, 2.05) is 0 Å². The average molecular weight is 536 g/mol. The molecule has 1 aromatic carbocycles. The Morgan fingerprint density at radius 3 is 2.32 bits per heavy atom. The number of carbonyl (C=O) groups is 2. The van der Waals surface area contributed by atoms with Crippen molar-refractivity contribution in [1.29, 1.82) is 0 Å². The van der Waals surface area contributed by atoms with Gasteiger partial charge in [0.25, 0.3) is 17.5 Å². The zero-order valence-electron chi connectivity index (χ0n) is 19.9. The number of carbonyl (C=O) groups excluding carboxylic acids is 2. The van der Waals surface area contributed by atoms with Gasteiger partial charge >= 0.3 is 0 Å². The van der Waals surface area contributed by atoms with Gasteiger partial charge in [0.15, 0.2) is 5.13 Å². The normalized spacial score (nSPS) is 10.5. The van der Waals surface area contributed by atoms with Crippen LogP contribution in [0.4, 0.5) is 10.8 Å². The van der Waals surface area contributed by atoms with E-state index in [1.54, 1.807) is 12.3 Å². The minimum absolute atomic E-state index is 0. The first-order chi connectivity index (χ1) is 15.0. The van der Waals surface area contributed by atoms with Crippen LogP contribution in [0.5, 0.6) is 5.75 Å². The number of nitrogens with zero attached hydrogens (tertiary/aromatic N) is 3. The van der Waals surface area contributed by atoms with Crippen LogP contribution in [-0.2, 0) is 0 Å². The lowest BCUT2D eigenvalue weighted by atomic mass is 10.1. The van der Waals surface area contributed by atoms with E-state index in [0.717, 1.165) is 11.3 Å². The van der Waals surface area contributed by atoms with Crippen molar-refractivity contribution in [2.75, 3.05) is 25.5 Å². The number of halogens is 2. The van der Waals surface area contributed by atoms with E-state index in [2.05, 4.69) is 48.2 Å². The molecule has 0 fully saturated rings. The molecule has 10 nitrogen and oxygen atoms in total. The number of aryl methyl sites for hydroxylation is 1. The highest BCUT2D eigenvalue weighted by molar-refractivity contribution is 7.14. The van der Waals surface area contributed by atoms with Crippen LogP contribution >= 0.6 is 36.2 Å². The molecular formula is C21H31Cl2N5O5S. The molecule has 0 radical (unpaired) electrons. The third-order valence-corrected chi connectivity index (χ3v) is 5.66. The van der Waals surface area contributed by atoms with Crippen molar-refractivity contribution >= 4 is 58.8 Å². The number of rotatable bonds is 10. The number of anilines is 1. The molecule has 190 valence electrons. The zero-order valence-corrected chi connectivity index (χ0v) is 22.4. The summed E-state index contributed by atoms with van der Waals surface area (Å²) in [5.41, 5.74) is 0.387. The Kier molecular flexibility index (Phi) is 13.0. The predicted molar refractivity (Wildman–Crippen MR) is 138 cm³/mol. The van der Waals surface area contributed by atoms with Crippen LogP contribution in [0.1, 0.15) is 54.1 Å². The molecule has 34 heavy (non-hydrogen) atoms. The minimum Gasteiger partial charge on any atom is -0.496 e. The van der Waals surface area contributed by atoms with E-state index in [4.69, 9.17) is 4.74 Å². The molecule has 2 amide bonds. The van der Waals surface area contributed by atoms with Crippen LogP contribution in [-0.4, -0.2) is 58.9 Å². The van der Waals surface area contributed by atoms with Gasteiger partial charge in [0.2, 0.25) is 0 Å². The Labute approximate surface area is 215 Å². The van der Waals surface area contributed by atoms with E-state index in [0.29, 0.717) is 30.7 Å². The molecule has 2 N–H and O–H groups in total. The lowest BCUT2D eigenvalue weighted by Gasteiger charge is -2.30. The van der Waals surface area contributed by atoms with Gasteiger partial charge in [-0.25, -0.2) is 4.98 Å². The molecule has 0 saturated carbocycles. The molecule has 2 aromatic rings. The second-order valence-electron chi connectivity index (χ2n) is 7.77. The number of ether oxygens (including phenoxy) is 1. The van der Waals surface area contributed by atoms with E-state index in [-0.39, 0.29) is 58.5 Å². The third kappa shape index (κ3) is 8.08. The van der Waals surface area contributed by atoms with Crippen molar-refractivity contribution in [3.63, 3.8) is 0 Å². The molecule has 0 bridgehead atoms. The maximum absolute atomic E-state index is 12.7. The summed E-state index contributed by atoms with van der Waals surface area (Å²) in [5, 5.41) is 18.4. The van der Waals surface area contributed by atoms with Crippen molar-refractivity contribution in [1.82, 2.24) is 15.2 Å². The van der Waals surface area contributed by atoms with E-state index in [9.17, 15) is 19.7 Å². The molecule has 1 aromatic heterocycles. The van der Waals surface area contributed by atoms with Gasteiger partial charge in [-0.1, -0.05) is 0 Å². The fraction of sp³-hybridized carbons (Fsp3) is 0.476. The van der Waals surface area contributed by atoms with Crippen LogP contribution in [0.3, 0.4) is 0 Å². The number of benzene rings is 1. The van der Waals surface area contributed by atoms with Crippen molar-refractivity contribution in [2.45, 2.75) is 46.7 Å². The predicted octanol–water partition coefficient (Wildman–Crippen LogP) is 4.31. The summed E-state index contributed by atoms with van der Waals surface area (Å²) in [6.07, 6.45) is 0. The Balaban J connectivity index is 0.00000544. The Morgan fingerprint density at radius 2 is 1.79 bits per heavy atom. The highest BCUT2D eigenvalue weighted by atomic mass is 35.5. The SMILES string of the molecule is COc1cc(C)c([N+](=O)[O-])cc1C(=O)Nc1nc(C(=O)NCCN(C(C)C)C(C)C)cs1.Cl.Cl. The highest BCUT2D eigenvalue weighted by Crippen LogP contribution is 2.29. The lowest BCUT2D eigenvalue weighted by molar-refractivity contribution is -0.385. The number of aromatic nitrogens is 1. The molecule has 0 unspecified atom stereocenters. The highest BCUT2D eigenvalue weighted by Gasteiger charge is 2.22. The molecule has 0 atom stereocenters. The summed E-state index contributed by atoms with van der Waals surface area (Å²) < 4.78 is 5.19. The standard InChI is InChI=1S/C21H29N5O5S.2ClH/c1-12(2)25(13(3)4)8-7-22-20(28)16-11-32-21(23-16)24-19(27)15-10-17(26(29)30)14(5)9-18(15)31-6;;/h9-13H,7-8H2,1-6H3,(H,22,28)(H,23,24,27);2*1H. The lowest BCUT2D eigenvalue weighted by Crippen LogP contribution is -2.42. The number of nitro groups is 1. The van der Waals surface area contributed by atoms with Gasteiger partial charge in [-0.05, 0) is 40.7 Å². The summed E-state index contributed by atoms with van der Waals surface area (Å²) in [6, 6.07) is 3.33. The number of thiazole rings is 1. The summed E-state index contributed by atoms with van der Waals surface area (Å²) in [6.45, 7) is 11.2. The van der Waals surface area contributed by atoms with Crippen LogP contribution in [0.25, 0.3) is 0 Å². The van der Waals surface area contributed by atoms with E-state index >= 15 is 0 Å². The van der Waals surface area contributed by atoms with Gasteiger partial charge in [-0.2, -0.15) is 0 Å². The van der Waals surface area contributed by atoms with Gasteiger partial charge in [0, 0.05) is 42.2 Å². The molecule has 0 saturated heterocycles. The molecule has 1 heterocycles. The second-order valence-corrected chi connectivity index (χ2v) is 8.63. The molecule has 0 aliphatic carbocycles. The van der Waals surface area contributed by atoms with E-state index in [1.165, 1.54) is 19.2 Å². The summed E-state index contributed by atoms with van der Waals surface area (Å²) >= 11 is 1.09.